The molecule has 122 valence electrons. The van der Waals surface area contributed by atoms with Crippen molar-refractivity contribution in [1.82, 2.24) is 19.8 Å². The van der Waals surface area contributed by atoms with Crippen LogP contribution in [0.2, 0.25) is 5.02 Å². The smallest absolute Gasteiger partial charge is 0.358 e. The fourth-order valence-electron chi connectivity index (χ4n) is 2.96. The molecule has 23 heavy (non-hydrogen) atoms. The molecule has 0 bridgehead atoms. The number of nitro groups is 1. The minimum atomic E-state index is -0.429. The number of aryl methyl sites for hydroxylation is 1. The first-order valence-electron chi connectivity index (χ1n) is 7.41. The Morgan fingerprint density at radius 2 is 2.26 bits per heavy atom. The summed E-state index contributed by atoms with van der Waals surface area (Å²) in [6, 6.07) is 7.81. The van der Waals surface area contributed by atoms with Crippen LogP contribution in [0.15, 0.2) is 30.6 Å². The molecule has 1 aromatic heterocycles. The number of hydrogen-bond donors (Lipinski definition) is 1. The van der Waals surface area contributed by atoms with Crippen LogP contribution in [-0.2, 0) is 13.6 Å². The average Bonchev–Trinajstić information content (AvgIpc) is 2.90. The van der Waals surface area contributed by atoms with Gasteiger partial charge in [-0.15, -0.1) is 0 Å². The zero-order valence-corrected chi connectivity index (χ0v) is 13.5. The van der Waals surface area contributed by atoms with Crippen LogP contribution in [0.1, 0.15) is 17.3 Å². The highest BCUT2D eigenvalue weighted by Crippen LogP contribution is 2.30. The van der Waals surface area contributed by atoms with E-state index in [2.05, 4.69) is 15.2 Å². The number of aromatic nitrogens is 2. The molecule has 0 aliphatic carbocycles. The van der Waals surface area contributed by atoms with Crippen molar-refractivity contribution in [3.63, 3.8) is 0 Å². The molecule has 8 heteroatoms. The SMILES string of the molecule is Cn1cnc([N+](=O)[O-])c1CN1CCNCC1c1ccccc1Cl. The summed E-state index contributed by atoms with van der Waals surface area (Å²) in [6.07, 6.45) is 1.49. The number of nitrogens with zero attached hydrogens (tertiary/aromatic N) is 4. The van der Waals surface area contributed by atoms with E-state index in [0.717, 1.165) is 25.2 Å². The van der Waals surface area contributed by atoms with Crippen molar-refractivity contribution >= 4 is 17.4 Å². The van der Waals surface area contributed by atoms with Gasteiger partial charge in [0.1, 0.15) is 5.69 Å². The number of hydrogen-bond acceptors (Lipinski definition) is 5. The van der Waals surface area contributed by atoms with Gasteiger partial charge in [0.15, 0.2) is 0 Å². The quantitative estimate of drug-likeness (QED) is 0.684. The Labute approximate surface area is 139 Å². The second kappa shape index (κ2) is 6.66. The minimum absolute atomic E-state index is 0.0759. The monoisotopic (exact) mass is 335 g/mol. The molecule has 0 amide bonds. The number of rotatable bonds is 4. The fourth-order valence-corrected chi connectivity index (χ4v) is 3.22. The van der Waals surface area contributed by atoms with Gasteiger partial charge in [-0.1, -0.05) is 29.8 Å². The number of imidazole rings is 1. The van der Waals surface area contributed by atoms with Crippen molar-refractivity contribution in [2.45, 2.75) is 12.6 Å². The molecule has 1 unspecified atom stereocenters. The first kappa shape index (κ1) is 15.9. The molecule has 3 rings (SSSR count). The lowest BCUT2D eigenvalue weighted by atomic mass is 10.0. The van der Waals surface area contributed by atoms with Crippen molar-refractivity contribution < 1.29 is 4.92 Å². The van der Waals surface area contributed by atoms with Crippen LogP contribution >= 0.6 is 11.6 Å². The van der Waals surface area contributed by atoms with E-state index < -0.39 is 4.92 Å². The highest BCUT2D eigenvalue weighted by Gasteiger charge is 2.29. The van der Waals surface area contributed by atoms with Gasteiger partial charge in [0.05, 0.1) is 0 Å². The van der Waals surface area contributed by atoms with E-state index in [1.807, 2.05) is 24.3 Å². The summed E-state index contributed by atoms with van der Waals surface area (Å²) < 4.78 is 1.71. The Balaban J connectivity index is 1.90. The van der Waals surface area contributed by atoms with Gasteiger partial charge in [0, 0.05) is 44.3 Å². The first-order valence-corrected chi connectivity index (χ1v) is 7.79. The molecule has 0 spiro atoms. The van der Waals surface area contributed by atoms with Crippen molar-refractivity contribution in [2.75, 3.05) is 19.6 Å². The van der Waals surface area contributed by atoms with E-state index in [1.54, 1.807) is 11.6 Å². The largest absolute Gasteiger partial charge is 0.386 e. The third-order valence-electron chi connectivity index (χ3n) is 4.18. The van der Waals surface area contributed by atoms with Crippen LogP contribution in [0.4, 0.5) is 5.82 Å². The topological polar surface area (TPSA) is 76.2 Å². The highest BCUT2D eigenvalue weighted by molar-refractivity contribution is 6.31. The van der Waals surface area contributed by atoms with Gasteiger partial charge in [-0.25, -0.2) is 0 Å². The molecular formula is C15H18ClN5O2. The van der Waals surface area contributed by atoms with Crippen molar-refractivity contribution in [1.29, 1.82) is 0 Å². The van der Waals surface area contributed by atoms with Gasteiger partial charge >= 0.3 is 5.82 Å². The molecule has 1 fully saturated rings. The molecule has 0 saturated carbocycles. The number of benzene rings is 1. The first-order chi connectivity index (χ1) is 11.1. The lowest BCUT2D eigenvalue weighted by molar-refractivity contribution is -0.390. The van der Waals surface area contributed by atoms with E-state index in [9.17, 15) is 10.1 Å². The Kier molecular flexibility index (Phi) is 4.61. The summed E-state index contributed by atoms with van der Waals surface area (Å²) in [4.78, 5) is 16.8. The van der Waals surface area contributed by atoms with E-state index in [1.165, 1.54) is 6.33 Å². The molecular weight excluding hydrogens is 318 g/mol. The zero-order chi connectivity index (χ0) is 16.4. The Morgan fingerprint density at radius 3 is 3.00 bits per heavy atom. The highest BCUT2D eigenvalue weighted by atomic mass is 35.5. The predicted octanol–water partition coefficient (Wildman–Crippen LogP) is 2.13. The maximum absolute atomic E-state index is 11.2. The third kappa shape index (κ3) is 3.21. The summed E-state index contributed by atoms with van der Waals surface area (Å²) >= 11 is 6.34. The lowest BCUT2D eigenvalue weighted by Crippen LogP contribution is -2.45. The molecule has 2 heterocycles. The second-order valence-corrected chi connectivity index (χ2v) is 6.00. The van der Waals surface area contributed by atoms with Gasteiger partial charge in [-0.2, -0.15) is 0 Å². The van der Waals surface area contributed by atoms with Crippen molar-refractivity contribution in [3.8, 4) is 0 Å². The van der Waals surface area contributed by atoms with Crippen LogP contribution < -0.4 is 5.32 Å². The third-order valence-corrected chi connectivity index (χ3v) is 4.53. The van der Waals surface area contributed by atoms with Crippen LogP contribution in [-0.4, -0.2) is 39.0 Å². The number of piperazine rings is 1. The van der Waals surface area contributed by atoms with Gasteiger partial charge in [-0.05, 0) is 21.5 Å². The summed E-state index contributed by atoms with van der Waals surface area (Å²) in [7, 11) is 1.78. The molecule has 0 radical (unpaired) electrons. The standard InChI is InChI=1S/C15H18ClN5O2/c1-19-10-18-15(21(22)23)14(19)9-20-7-6-17-8-13(20)11-4-2-3-5-12(11)16/h2-5,10,13,17H,6-9H2,1H3. The second-order valence-electron chi connectivity index (χ2n) is 5.59. The summed E-state index contributed by atoms with van der Waals surface area (Å²) in [5, 5.41) is 15.2. The molecule has 1 N–H and O–H groups in total. The van der Waals surface area contributed by atoms with E-state index in [4.69, 9.17) is 11.6 Å². The normalized spacial score (nSPS) is 19.0. The minimum Gasteiger partial charge on any atom is -0.358 e. The van der Waals surface area contributed by atoms with E-state index in [0.29, 0.717) is 17.3 Å². The number of halogens is 1. The van der Waals surface area contributed by atoms with Crippen LogP contribution in [0.3, 0.4) is 0 Å². The van der Waals surface area contributed by atoms with Crippen molar-refractivity contribution in [2.24, 2.45) is 7.05 Å². The molecule has 1 atom stereocenters. The lowest BCUT2D eigenvalue weighted by Gasteiger charge is -2.36. The van der Waals surface area contributed by atoms with Crippen LogP contribution in [0.5, 0.6) is 0 Å². The summed E-state index contributed by atoms with van der Waals surface area (Å²) in [5.74, 6) is -0.0797. The van der Waals surface area contributed by atoms with E-state index >= 15 is 0 Å². The zero-order valence-electron chi connectivity index (χ0n) is 12.8. The predicted molar refractivity (Wildman–Crippen MR) is 87.3 cm³/mol. The molecule has 1 saturated heterocycles. The molecule has 7 nitrogen and oxygen atoms in total. The maximum Gasteiger partial charge on any atom is 0.386 e. The molecule has 1 aromatic carbocycles. The fraction of sp³-hybridized carbons (Fsp3) is 0.400. The van der Waals surface area contributed by atoms with Gasteiger partial charge in [0.2, 0.25) is 6.33 Å². The molecule has 1 aliphatic heterocycles. The molecule has 2 aromatic rings. The Morgan fingerprint density at radius 1 is 1.48 bits per heavy atom. The molecule has 1 aliphatic rings. The summed E-state index contributed by atoms with van der Waals surface area (Å²) in [6.45, 7) is 2.85. The van der Waals surface area contributed by atoms with Crippen molar-refractivity contribution in [3.05, 3.63) is 57.0 Å². The Bertz CT molecular complexity index is 718. The van der Waals surface area contributed by atoms with Crippen LogP contribution in [0.25, 0.3) is 0 Å². The Hall–Kier alpha value is -1.96. The van der Waals surface area contributed by atoms with E-state index in [-0.39, 0.29) is 11.9 Å². The van der Waals surface area contributed by atoms with Gasteiger partial charge in [0.25, 0.3) is 0 Å². The van der Waals surface area contributed by atoms with Gasteiger partial charge < -0.3 is 20.0 Å². The maximum atomic E-state index is 11.2. The number of nitrogens with one attached hydrogen (secondary N) is 1. The summed E-state index contributed by atoms with van der Waals surface area (Å²) in [5.41, 5.74) is 1.64. The van der Waals surface area contributed by atoms with Gasteiger partial charge in [-0.3, -0.25) is 4.90 Å². The van der Waals surface area contributed by atoms with Crippen LogP contribution in [0, 0.1) is 10.1 Å². The average molecular weight is 336 g/mol.